The van der Waals surface area contributed by atoms with Gasteiger partial charge in [0.05, 0.1) is 6.26 Å². The Balaban J connectivity index is 2.05. The SMILES string of the molecule is Cc1onc(-c2ccco2)c1C(=O)NCCCN(C)C. The van der Waals surface area contributed by atoms with Gasteiger partial charge in [-0.05, 0) is 46.1 Å². The van der Waals surface area contributed by atoms with Crippen LogP contribution < -0.4 is 5.32 Å². The molecule has 2 aromatic heterocycles. The highest BCUT2D eigenvalue weighted by Crippen LogP contribution is 2.25. The van der Waals surface area contributed by atoms with Crippen LogP contribution in [0.2, 0.25) is 0 Å². The van der Waals surface area contributed by atoms with Crippen LogP contribution >= 0.6 is 0 Å². The lowest BCUT2D eigenvalue weighted by molar-refractivity contribution is 0.0951. The molecule has 0 saturated carbocycles. The molecule has 0 bridgehead atoms. The van der Waals surface area contributed by atoms with Gasteiger partial charge in [-0.25, -0.2) is 0 Å². The fourth-order valence-corrected chi connectivity index (χ4v) is 1.91. The fraction of sp³-hybridized carbons (Fsp3) is 0.429. The summed E-state index contributed by atoms with van der Waals surface area (Å²) in [6.45, 7) is 3.25. The third kappa shape index (κ3) is 3.27. The largest absolute Gasteiger partial charge is 0.463 e. The van der Waals surface area contributed by atoms with Crippen LogP contribution in [0, 0.1) is 6.92 Å². The highest BCUT2D eigenvalue weighted by Gasteiger charge is 2.22. The topological polar surface area (TPSA) is 71.5 Å². The fourth-order valence-electron chi connectivity index (χ4n) is 1.91. The van der Waals surface area contributed by atoms with Gasteiger partial charge >= 0.3 is 0 Å². The molecule has 0 aromatic carbocycles. The van der Waals surface area contributed by atoms with Gasteiger partial charge in [0.15, 0.2) is 11.5 Å². The van der Waals surface area contributed by atoms with Gasteiger partial charge in [-0.2, -0.15) is 0 Å². The molecule has 6 heteroatoms. The Labute approximate surface area is 117 Å². The molecule has 2 heterocycles. The van der Waals surface area contributed by atoms with Crippen LogP contribution in [0.4, 0.5) is 0 Å². The zero-order valence-corrected chi connectivity index (χ0v) is 12.0. The normalized spacial score (nSPS) is 11.0. The third-order valence-corrected chi connectivity index (χ3v) is 2.91. The average Bonchev–Trinajstić information content (AvgIpc) is 3.02. The molecule has 0 saturated heterocycles. The summed E-state index contributed by atoms with van der Waals surface area (Å²) >= 11 is 0. The average molecular weight is 277 g/mol. The highest BCUT2D eigenvalue weighted by atomic mass is 16.5. The quantitative estimate of drug-likeness (QED) is 0.817. The van der Waals surface area contributed by atoms with Crippen LogP contribution in [-0.2, 0) is 0 Å². The maximum atomic E-state index is 12.2. The molecule has 0 atom stereocenters. The van der Waals surface area contributed by atoms with Gasteiger partial charge in [-0.1, -0.05) is 5.16 Å². The van der Waals surface area contributed by atoms with E-state index in [9.17, 15) is 4.79 Å². The summed E-state index contributed by atoms with van der Waals surface area (Å²) in [4.78, 5) is 14.3. The van der Waals surface area contributed by atoms with Crippen molar-refractivity contribution in [2.75, 3.05) is 27.2 Å². The molecule has 108 valence electrons. The predicted molar refractivity (Wildman–Crippen MR) is 74.4 cm³/mol. The summed E-state index contributed by atoms with van der Waals surface area (Å²) in [5.41, 5.74) is 0.877. The minimum atomic E-state index is -0.186. The first-order valence-corrected chi connectivity index (χ1v) is 6.52. The molecule has 0 aliphatic rings. The van der Waals surface area contributed by atoms with Gasteiger partial charge in [0, 0.05) is 6.54 Å². The number of hydrogen-bond acceptors (Lipinski definition) is 5. The zero-order valence-electron chi connectivity index (χ0n) is 12.0. The van der Waals surface area contributed by atoms with Crippen molar-refractivity contribution >= 4 is 5.91 Å². The van der Waals surface area contributed by atoms with Crippen molar-refractivity contribution in [1.82, 2.24) is 15.4 Å². The van der Waals surface area contributed by atoms with E-state index in [-0.39, 0.29) is 5.91 Å². The second-order valence-corrected chi connectivity index (χ2v) is 4.85. The van der Waals surface area contributed by atoms with Crippen LogP contribution in [0.1, 0.15) is 22.5 Å². The van der Waals surface area contributed by atoms with Crippen molar-refractivity contribution in [1.29, 1.82) is 0 Å². The van der Waals surface area contributed by atoms with E-state index < -0.39 is 0 Å². The van der Waals surface area contributed by atoms with Crippen molar-refractivity contribution < 1.29 is 13.7 Å². The first kappa shape index (κ1) is 14.3. The molecule has 0 fully saturated rings. The van der Waals surface area contributed by atoms with E-state index in [1.807, 2.05) is 14.1 Å². The first-order chi connectivity index (χ1) is 9.59. The van der Waals surface area contributed by atoms with E-state index in [2.05, 4.69) is 15.4 Å². The van der Waals surface area contributed by atoms with E-state index in [1.165, 1.54) is 6.26 Å². The maximum absolute atomic E-state index is 12.2. The van der Waals surface area contributed by atoms with Crippen molar-refractivity contribution in [3.63, 3.8) is 0 Å². The second-order valence-electron chi connectivity index (χ2n) is 4.85. The highest BCUT2D eigenvalue weighted by molar-refractivity contribution is 6.00. The Kier molecular flexibility index (Phi) is 4.57. The molecule has 1 N–H and O–H groups in total. The molecule has 2 aromatic rings. The number of carbonyl (C=O) groups is 1. The number of nitrogens with zero attached hydrogens (tertiary/aromatic N) is 2. The molecule has 0 unspecified atom stereocenters. The number of aromatic nitrogens is 1. The molecule has 1 amide bonds. The number of aryl methyl sites for hydroxylation is 1. The number of amides is 1. The molecular formula is C14H19N3O3. The number of nitrogens with one attached hydrogen (secondary N) is 1. The van der Waals surface area contributed by atoms with Crippen LogP contribution in [0.15, 0.2) is 27.3 Å². The Bertz CT molecular complexity index is 558. The molecule has 6 nitrogen and oxygen atoms in total. The molecule has 0 radical (unpaired) electrons. The smallest absolute Gasteiger partial charge is 0.257 e. The van der Waals surface area contributed by atoms with Crippen molar-refractivity contribution in [3.8, 4) is 11.5 Å². The summed E-state index contributed by atoms with van der Waals surface area (Å²) in [6.07, 6.45) is 2.43. The Morgan fingerprint density at radius 2 is 2.25 bits per heavy atom. The minimum absolute atomic E-state index is 0.186. The summed E-state index contributed by atoms with van der Waals surface area (Å²) in [5.74, 6) is 0.829. The molecule has 0 aliphatic carbocycles. The lowest BCUT2D eigenvalue weighted by atomic mass is 10.1. The molecule has 2 rings (SSSR count). The molecular weight excluding hydrogens is 258 g/mol. The molecule has 20 heavy (non-hydrogen) atoms. The van der Waals surface area contributed by atoms with Crippen molar-refractivity contribution in [3.05, 3.63) is 29.7 Å². The van der Waals surface area contributed by atoms with Crippen LogP contribution in [0.25, 0.3) is 11.5 Å². The lowest BCUT2D eigenvalue weighted by Gasteiger charge is -2.09. The third-order valence-electron chi connectivity index (χ3n) is 2.91. The number of furan rings is 1. The van der Waals surface area contributed by atoms with E-state index in [4.69, 9.17) is 8.94 Å². The van der Waals surface area contributed by atoms with Crippen LogP contribution in [0.3, 0.4) is 0 Å². The second kappa shape index (κ2) is 6.38. The predicted octanol–water partition coefficient (Wildman–Crippen LogP) is 1.92. The minimum Gasteiger partial charge on any atom is -0.463 e. The van der Waals surface area contributed by atoms with Crippen LogP contribution in [0.5, 0.6) is 0 Å². The Morgan fingerprint density at radius 3 is 2.90 bits per heavy atom. The molecule has 0 aliphatic heterocycles. The van der Waals surface area contributed by atoms with Crippen LogP contribution in [-0.4, -0.2) is 43.1 Å². The number of hydrogen-bond donors (Lipinski definition) is 1. The van der Waals surface area contributed by atoms with Gasteiger partial charge in [-0.3, -0.25) is 4.79 Å². The first-order valence-electron chi connectivity index (χ1n) is 6.52. The summed E-state index contributed by atoms with van der Waals surface area (Å²) in [6, 6.07) is 3.50. The van der Waals surface area contributed by atoms with E-state index in [0.29, 0.717) is 29.3 Å². The van der Waals surface area contributed by atoms with Crippen molar-refractivity contribution in [2.24, 2.45) is 0 Å². The summed E-state index contributed by atoms with van der Waals surface area (Å²) in [7, 11) is 4.00. The zero-order chi connectivity index (χ0) is 14.5. The van der Waals surface area contributed by atoms with Gasteiger partial charge in [0.2, 0.25) is 0 Å². The van der Waals surface area contributed by atoms with Crippen molar-refractivity contribution in [2.45, 2.75) is 13.3 Å². The number of carbonyl (C=O) groups excluding carboxylic acids is 1. The molecule has 0 spiro atoms. The summed E-state index contributed by atoms with van der Waals surface area (Å²) in [5, 5.41) is 6.77. The standard InChI is InChI=1S/C14H19N3O3/c1-10-12(14(18)15-7-5-8-17(2)3)13(16-20-10)11-6-4-9-19-11/h4,6,9H,5,7-8H2,1-3H3,(H,15,18). The summed E-state index contributed by atoms with van der Waals surface area (Å²) < 4.78 is 10.4. The van der Waals surface area contributed by atoms with Gasteiger partial charge in [0.1, 0.15) is 11.3 Å². The van der Waals surface area contributed by atoms with Gasteiger partial charge in [-0.15, -0.1) is 0 Å². The number of rotatable bonds is 6. The van der Waals surface area contributed by atoms with Gasteiger partial charge in [0.25, 0.3) is 5.91 Å². The monoisotopic (exact) mass is 277 g/mol. The van der Waals surface area contributed by atoms with Gasteiger partial charge < -0.3 is 19.2 Å². The van der Waals surface area contributed by atoms with E-state index >= 15 is 0 Å². The van der Waals surface area contributed by atoms with E-state index in [1.54, 1.807) is 19.1 Å². The Hall–Kier alpha value is -2.08. The van der Waals surface area contributed by atoms with E-state index in [0.717, 1.165) is 13.0 Å². The lowest BCUT2D eigenvalue weighted by Crippen LogP contribution is -2.27. The Morgan fingerprint density at radius 1 is 1.45 bits per heavy atom. The maximum Gasteiger partial charge on any atom is 0.257 e.